The summed E-state index contributed by atoms with van der Waals surface area (Å²) in [5.74, 6) is 0.465. The summed E-state index contributed by atoms with van der Waals surface area (Å²) >= 11 is 0. The molecule has 16 heavy (non-hydrogen) atoms. The van der Waals surface area contributed by atoms with E-state index in [9.17, 15) is 5.11 Å². The average molecular weight is 223 g/mol. The number of piperidine rings is 1. The van der Waals surface area contributed by atoms with Gasteiger partial charge in [-0.25, -0.2) is 0 Å². The van der Waals surface area contributed by atoms with Crippen LogP contribution in [0.4, 0.5) is 0 Å². The van der Waals surface area contributed by atoms with Crippen LogP contribution in [0.3, 0.4) is 0 Å². The summed E-state index contributed by atoms with van der Waals surface area (Å²) in [7, 11) is 0. The van der Waals surface area contributed by atoms with Gasteiger partial charge in [0, 0.05) is 32.4 Å². The van der Waals surface area contributed by atoms with E-state index in [0.29, 0.717) is 12.5 Å². The van der Waals surface area contributed by atoms with Crippen molar-refractivity contribution in [2.24, 2.45) is 5.92 Å². The minimum absolute atomic E-state index is 0.323. The topological polar surface area (TPSA) is 41.3 Å². The molecule has 2 heterocycles. The molecule has 1 atom stereocenters. The maximum Gasteiger partial charge on any atom is 0.0524 e. The lowest BCUT2D eigenvalue weighted by molar-refractivity contribution is 0.114. The number of aliphatic hydroxyl groups excluding tert-OH is 1. The summed E-state index contributed by atoms with van der Waals surface area (Å²) in [5, 5.41) is 13.5. The zero-order valence-corrected chi connectivity index (χ0v) is 9.97. The Morgan fingerprint density at radius 1 is 1.56 bits per heavy atom. The molecule has 0 aliphatic carbocycles. The highest BCUT2D eigenvalue weighted by Gasteiger charge is 2.19. The van der Waals surface area contributed by atoms with Crippen LogP contribution in [-0.4, -0.2) is 39.5 Å². The van der Waals surface area contributed by atoms with Crippen molar-refractivity contribution in [1.29, 1.82) is 0 Å². The first-order valence-corrected chi connectivity index (χ1v) is 6.17. The lowest BCUT2D eigenvalue weighted by Crippen LogP contribution is -2.36. The molecule has 0 bridgehead atoms. The van der Waals surface area contributed by atoms with Crippen molar-refractivity contribution < 1.29 is 5.11 Å². The molecule has 1 saturated heterocycles. The zero-order chi connectivity index (χ0) is 11.4. The van der Waals surface area contributed by atoms with Gasteiger partial charge in [-0.05, 0) is 38.3 Å². The quantitative estimate of drug-likeness (QED) is 0.831. The SMILES string of the molecule is CCn1nccc1CN1CCCC(CO)C1. The van der Waals surface area contributed by atoms with Gasteiger partial charge in [0.25, 0.3) is 0 Å². The van der Waals surface area contributed by atoms with Crippen LogP contribution in [-0.2, 0) is 13.1 Å². The first kappa shape index (κ1) is 11.6. The van der Waals surface area contributed by atoms with Gasteiger partial charge >= 0.3 is 0 Å². The third-order valence-electron chi connectivity index (χ3n) is 3.35. The molecule has 0 spiro atoms. The molecule has 1 unspecified atom stereocenters. The molecule has 1 aromatic heterocycles. The van der Waals surface area contributed by atoms with E-state index in [1.54, 1.807) is 0 Å². The summed E-state index contributed by atoms with van der Waals surface area (Å²) in [4.78, 5) is 2.42. The molecule has 1 aliphatic rings. The molecule has 1 N–H and O–H groups in total. The first-order chi connectivity index (χ1) is 7.83. The Morgan fingerprint density at radius 3 is 3.19 bits per heavy atom. The summed E-state index contributed by atoms with van der Waals surface area (Å²) in [6, 6.07) is 2.09. The van der Waals surface area contributed by atoms with Crippen molar-refractivity contribution in [3.05, 3.63) is 18.0 Å². The number of aliphatic hydroxyl groups is 1. The second-order valence-electron chi connectivity index (χ2n) is 4.56. The summed E-state index contributed by atoms with van der Waals surface area (Å²) in [5.41, 5.74) is 1.28. The van der Waals surface area contributed by atoms with E-state index in [4.69, 9.17) is 0 Å². The van der Waals surface area contributed by atoms with Gasteiger partial charge < -0.3 is 5.11 Å². The molecule has 0 aromatic carbocycles. The van der Waals surface area contributed by atoms with Crippen LogP contribution in [0.15, 0.2) is 12.3 Å². The first-order valence-electron chi connectivity index (χ1n) is 6.17. The lowest BCUT2D eigenvalue weighted by atomic mass is 9.99. The van der Waals surface area contributed by atoms with Crippen LogP contribution in [0.25, 0.3) is 0 Å². The second kappa shape index (κ2) is 5.46. The number of nitrogens with zero attached hydrogens (tertiary/aromatic N) is 3. The molecule has 0 saturated carbocycles. The van der Waals surface area contributed by atoms with Crippen molar-refractivity contribution >= 4 is 0 Å². The predicted octanol–water partition coefficient (Wildman–Crippen LogP) is 1.11. The lowest BCUT2D eigenvalue weighted by Gasteiger charge is -2.31. The molecule has 1 aliphatic heterocycles. The number of hydrogen-bond acceptors (Lipinski definition) is 3. The van der Waals surface area contributed by atoms with Crippen molar-refractivity contribution in [3.63, 3.8) is 0 Å². The van der Waals surface area contributed by atoms with Gasteiger partial charge in [-0.2, -0.15) is 5.10 Å². The highest BCUT2D eigenvalue weighted by Crippen LogP contribution is 2.17. The van der Waals surface area contributed by atoms with E-state index in [-0.39, 0.29) is 0 Å². The Balaban J connectivity index is 1.93. The predicted molar refractivity (Wildman–Crippen MR) is 63.0 cm³/mol. The fourth-order valence-electron chi connectivity index (χ4n) is 2.45. The van der Waals surface area contributed by atoms with Gasteiger partial charge in [-0.1, -0.05) is 0 Å². The van der Waals surface area contributed by atoms with E-state index >= 15 is 0 Å². The number of aromatic nitrogens is 2. The van der Waals surface area contributed by atoms with E-state index in [1.807, 2.05) is 10.9 Å². The molecule has 2 rings (SSSR count). The fourth-order valence-corrected chi connectivity index (χ4v) is 2.45. The molecule has 90 valence electrons. The van der Waals surface area contributed by atoms with Gasteiger partial charge in [0.2, 0.25) is 0 Å². The van der Waals surface area contributed by atoms with E-state index in [2.05, 4.69) is 23.0 Å². The van der Waals surface area contributed by atoms with Gasteiger partial charge in [-0.15, -0.1) is 0 Å². The van der Waals surface area contributed by atoms with Crippen LogP contribution in [0.5, 0.6) is 0 Å². The van der Waals surface area contributed by atoms with Crippen LogP contribution >= 0.6 is 0 Å². The van der Waals surface area contributed by atoms with Crippen LogP contribution in [0.2, 0.25) is 0 Å². The molecule has 0 radical (unpaired) electrons. The Labute approximate surface area is 96.9 Å². The Bertz CT molecular complexity index is 324. The maximum atomic E-state index is 9.19. The molecule has 1 aromatic rings. The van der Waals surface area contributed by atoms with E-state index < -0.39 is 0 Å². The van der Waals surface area contributed by atoms with Gasteiger partial charge in [0.05, 0.1) is 5.69 Å². The van der Waals surface area contributed by atoms with Crippen LogP contribution < -0.4 is 0 Å². The molecule has 1 fully saturated rings. The third-order valence-corrected chi connectivity index (χ3v) is 3.35. The Morgan fingerprint density at radius 2 is 2.44 bits per heavy atom. The highest BCUT2D eigenvalue weighted by atomic mass is 16.3. The minimum atomic E-state index is 0.323. The van der Waals surface area contributed by atoms with Crippen molar-refractivity contribution in [2.75, 3.05) is 19.7 Å². The monoisotopic (exact) mass is 223 g/mol. The molecule has 0 amide bonds. The highest BCUT2D eigenvalue weighted by molar-refractivity contribution is 5.00. The normalized spacial score (nSPS) is 22.5. The smallest absolute Gasteiger partial charge is 0.0524 e. The number of aryl methyl sites for hydroxylation is 1. The number of rotatable bonds is 4. The third kappa shape index (κ3) is 2.62. The maximum absolute atomic E-state index is 9.19. The average Bonchev–Trinajstić information content (AvgIpc) is 2.76. The summed E-state index contributed by atoms with van der Waals surface area (Å²) in [6.45, 7) is 6.49. The largest absolute Gasteiger partial charge is 0.396 e. The standard InChI is InChI=1S/C12H21N3O/c1-2-15-12(5-6-13-15)9-14-7-3-4-11(8-14)10-16/h5-6,11,16H,2-4,7-10H2,1H3. The molecular weight excluding hydrogens is 202 g/mol. The fraction of sp³-hybridized carbons (Fsp3) is 0.750. The van der Waals surface area contributed by atoms with Gasteiger partial charge in [0.15, 0.2) is 0 Å². The van der Waals surface area contributed by atoms with Crippen molar-refractivity contribution in [2.45, 2.75) is 32.9 Å². The molecular formula is C12H21N3O. The number of likely N-dealkylation sites (tertiary alicyclic amines) is 1. The second-order valence-corrected chi connectivity index (χ2v) is 4.56. The van der Waals surface area contributed by atoms with Crippen molar-refractivity contribution in [1.82, 2.24) is 14.7 Å². The van der Waals surface area contributed by atoms with Gasteiger partial charge in [0.1, 0.15) is 0 Å². The van der Waals surface area contributed by atoms with E-state index in [0.717, 1.165) is 26.2 Å². The Kier molecular flexibility index (Phi) is 3.96. The molecule has 4 heteroatoms. The number of hydrogen-bond donors (Lipinski definition) is 1. The molecule has 4 nitrogen and oxygen atoms in total. The van der Waals surface area contributed by atoms with E-state index in [1.165, 1.54) is 18.5 Å². The van der Waals surface area contributed by atoms with Gasteiger partial charge in [-0.3, -0.25) is 9.58 Å². The minimum Gasteiger partial charge on any atom is -0.396 e. The van der Waals surface area contributed by atoms with Crippen LogP contribution in [0.1, 0.15) is 25.5 Å². The van der Waals surface area contributed by atoms with Crippen LogP contribution in [0, 0.1) is 5.92 Å². The Hall–Kier alpha value is -0.870. The summed E-state index contributed by atoms with van der Waals surface area (Å²) < 4.78 is 2.04. The van der Waals surface area contributed by atoms with Crippen molar-refractivity contribution in [3.8, 4) is 0 Å². The zero-order valence-electron chi connectivity index (χ0n) is 9.97. The summed E-state index contributed by atoms with van der Waals surface area (Å²) in [6.07, 6.45) is 4.23.